The predicted octanol–water partition coefficient (Wildman–Crippen LogP) is 2.63. The fraction of sp³-hybridized carbons (Fsp3) is 0.350. The Morgan fingerprint density at radius 3 is 2.07 bits per heavy atom. The molecular formula is C20H23NO6. The molecule has 144 valence electrons. The molecule has 0 bridgehead atoms. The number of phenols is 1. The minimum Gasteiger partial charge on any atom is -0.504 e. The van der Waals surface area contributed by atoms with E-state index in [2.05, 4.69) is 0 Å². The van der Waals surface area contributed by atoms with Gasteiger partial charge >= 0.3 is 0 Å². The highest BCUT2D eigenvalue weighted by atomic mass is 16.5. The zero-order chi connectivity index (χ0) is 19.6. The number of fused-ring (bicyclic) bond motifs is 1. The van der Waals surface area contributed by atoms with E-state index in [1.807, 2.05) is 0 Å². The molecule has 7 nitrogen and oxygen atoms in total. The van der Waals surface area contributed by atoms with E-state index in [0.717, 1.165) is 11.1 Å². The van der Waals surface area contributed by atoms with E-state index in [1.165, 1.54) is 28.4 Å². The second-order valence-electron chi connectivity index (χ2n) is 6.18. The van der Waals surface area contributed by atoms with Crippen LogP contribution in [0, 0.1) is 0 Å². The number of hydrogen-bond donors (Lipinski definition) is 1. The Labute approximate surface area is 158 Å². The SMILES string of the molecule is COc1cc2c(cc1O)CCN(C(=O)c1cc(OC)c(OC)c(OC)c1)C2. The van der Waals surface area contributed by atoms with Gasteiger partial charge in [-0.25, -0.2) is 0 Å². The summed E-state index contributed by atoms with van der Waals surface area (Å²) in [5.41, 5.74) is 2.43. The topological polar surface area (TPSA) is 77.5 Å². The standard InChI is InChI=1S/C20H23NO6/c1-24-16-10-14-11-21(6-5-12(14)7-15(16)22)20(23)13-8-17(25-2)19(27-4)18(9-13)26-3/h7-10,22H,5-6,11H2,1-4H3. The first-order chi connectivity index (χ1) is 13.0. The fourth-order valence-corrected chi connectivity index (χ4v) is 3.30. The molecule has 7 heteroatoms. The van der Waals surface area contributed by atoms with Crippen molar-refractivity contribution >= 4 is 5.91 Å². The van der Waals surface area contributed by atoms with E-state index in [0.29, 0.717) is 48.1 Å². The van der Waals surface area contributed by atoms with E-state index in [1.54, 1.807) is 29.2 Å². The lowest BCUT2D eigenvalue weighted by molar-refractivity contribution is 0.0733. The van der Waals surface area contributed by atoms with Gasteiger partial charge < -0.3 is 29.0 Å². The monoisotopic (exact) mass is 373 g/mol. The highest BCUT2D eigenvalue weighted by Gasteiger charge is 2.25. The summed E-state index contributed by atoms with van der Waals surface area (Å²) in [6.45, 7) is 0.982. The zero-order valence-electron chi connectivity index (χ0n) is 15.9. The van der Waals surface area contributed by atoms with Crippen LogP contribution in [0.25, 0.3) is 0 Å². The highest BCUT2D eigenvalue weighted by Crippen LogP contribution is 2.39. The van der Waals surface area contributed by atoms with Crippen LogP contribution in [0.2, 0.25) is 0 Å². The lowest BCUT2D eigenvalue weighted by Crippen LogP contribution is -2.36. The van der Waals surface area contributed by atoms with Crippen molar-refractivity contribution in [2.45, 2.75) is 13.0 Å². The number of phenolic OH excluding ortho intramolecular Hbond substituents is 1. The Hall–Kier alpha value is -3.09. The molecule has 1 aliphatic heterocycles. The number of carbonyl (C=O) groups is 1. The molecule has 3 rings (SSSR count). The van der Waals surface area contributed by atoms with Crippen molar-refractivity contribution < 1.29 is 28.8 Å². The largest absolute Gasteiger partial charge is 0.504 e. The van der Waals surface area contributed by atoms with E-state index in [-0.39, 0.29) is 11.7 Å². The third kappa shape index (κ3) is 3.45. The number of rotatable bonds is 5. The third-order valence-corrected chi connectivity index (χ3v) is 4.71. The molecule has 1 N–H and O–H groups in total. The number of amides is 1. The summed E-state index contributed by atoms with van der Waals surface area (Å²) in [6, 6.07) is 6.78. The number of carbonyl (C=O) groups excluding carboxylic acids is 1. The molecule has 0 radical (unpaired) electrons. The smallest absolute Gasteiger partial charge is 0.254 e. The Morgan fingerprint density at radius 1 is 0.889 bits per heavy atom. The number of hydrogen-bond acceptors (Lipinski definition) is 6. The number of ether oxygens (including phenoxy) is 4. The van der Waals surface area contributed by atoms with Crippen LogP contribution in [0.4, 0.5) is 0 Å². The average molecular weight is 373 g/mol. The van der Waals surface area contributed by atoms with Gasteiger partial charge in [-0.1, -0.05) is 0 Å². The number of methoxy groups -OCH3 is 4. The minimum atomic E-state index is -0.132. The van der Waals surface area contributed by atoms with Crippen LogP contribution >= 0.6 is 0 Å². The van der Waals surface area contributed by atoms with Crippen molar-refractivity contribution in [3.05, 3.63) is 41.0 Å². The van der Waals surface area contributed by atoms with E-state index in [9.17, 15) is 9.90 Å². The first kappa shape index (κ1) is 18.7. The van der Waals surface area contributed by atoms with Gasteiger partial charge in [0.05, 0.1) is 28.4 Å². The summed E-state index contributed by atoms with van der Waals surface area (Å²) in [5.74, 6) is 1.69. The molecule has 0 saturated carbocycles. The van der Waals surface area contributed by atoms with Gasteiger partial charge in [-0.3, -0.25) is 4.79 Å². The van der Waals surface area contributed by atoms with Gasteiger partial charge in [0.2, 0.25) is 5.75 Å². The van der Waals surface area contributed by atoms with Crippen molar-refractivity contribution in [3.8, 4) is 28.7 Å². The first-order valence-electron chi connectivity index (χ1n) is 8.50. The Kier molecular flexibility index (Phi) is 5.30. The summed E-state index contributed by atoms with van der Waals surface area (Å²) in [4.78, 5) is 14.8. The quantitative estimate of drug-likeness (QED) is 0.868. The lowest BCUT2D eigenvalue weighted by atomic mass is 9.98. The van der Waals surface area contributed by atoms with Gasteiger partial charge in [-0.15, -0.1) is 0 Å². The minimum absolute atomic E-state index is 0.112. The second kappa shape index (κ2) is 7.65. The third-order valence-electron chi connectivity index (χ3n) is 4.71. The van der Waals surface area contributed by atoms with Crippen LogP contribution in [0.1, 0.15) is 21.5 Å². The van der Waals surface area contributed by atoms with Crippen molar-refractivity contribution in [3.63, 3.8) is 0 Å². The molecule has 1 heterocycles. The maximum Gasteiger partial charge on any atom is 0.254 e. The molecule has 0 aromatic heterocycles. The fourth-order valence-electron chi connectivity index (χ4n) is 3.30. The molecule has 1 aliphatic rings. The van der Waals surface area contributed by atoms with E-state index >= 15 is 0 Å². The number of aromatic hydroxyl groups is 1. The molecule has 2 aromatic carbocycles. The van der Waals surface area contributed by atoms with Gasteiger partial charge in [-0.05, 0) is 41.8 Å². The van der Waals surface area contributed by atoms with Crippen LogP contribution in [-0.4, -0.2) is 50.9 Å². The lowest BCUT2D eigenvalue weighted by Gasteiger charge is -2.29. The Bertz CT molecular complexity index is 839. The van der Waals surface area contributed by atoms with E-state index < -0.39 is 0 Å². The van der Waals surface area contributed by atoms with Crippen LogP contribution in [0.15, 0.2) is 24.3 Å². The maximum absolute atomic E-state index is 13.1. The first-order valence-corrected chi connectivity index (χ1v) is 8.50. The molecular weight excluding hydrogens is 350 g/mol. The summed E-state index contributed by atoms with van der Waals surface area (Å²) < 4.78 is 21.2. The Balaban J connectivity index is 1.91. The summed E-state index contributed by atoms with van der Waals surface area (Å²) >= 11 is 0. The molecule has 0 saturated heterocycles. The van der Waals surface area contributed by atoms with Crippen LogP contribution in [0.5, 0.6) is 28.7 Å². The van der Waals surface area contributed by atoms with Crippen LogP contribution in [-0.2, 0) is 13.0 Å². The van der Waals surface area contributed by atoms with Crippen LogP contribution < -0.4 is 18.9 Å². The summed E-state index contributed by atoms with van der Waals surface area (Å²) in [6.07, 6.45) is 0.656. The zero-order valence-corrected chi connectivity index (χ0v) is 15.9. The Morgan fingerprint density at radius 2 is 1.52 bits per heavy atom. The van der Waals surface area contributed by atoms with Gasteiger partial charge in [0.1, 0.15) is 0 Å². The summed E-state index contributed by atoms with van der Waals surface area (Å²) in [7, 11) is 6.05. The van der Waals surface area contributed by atoms with Gasteiger partial charge in [0.15, 0.2) is 23.0 Å². The van der Waals surface area contributed by atoms with Crippen LogP contribution in [0.3, 0.4) is 0 Å². The number of benzene rings is 2. The molecule has 0 spiro atoms. The van der Waals surface area contributed by atoms with Crippen molar-refractivity contribution in [1.29, 1.82) is 0 Å². The number of nitrogens with zero attached hydrogens (tertiary/aromatic N) is 1. The summed E-state index contributed by atoms with van der Waals surface area (Å²) in [5, 5.41) is 9.94. The molecule has 0 aliphatic carbocycles. The predicted molar refractivity (Wildman–Crippen MR) is 99.2 cm³/mol. The molecule has 1 amide bonds. The normalized spacial score (nSPS) is 13.0. The van der Waals surface area contributed by atoms with Gasteiger partial charge in [0.25, 0.3) is 5.91 Å². The van der Waals surface area contributed by atoms with Crippen molar-refractivity contribution in [2.24, 2.45) is 0 Å². The highest BCUT2D eigenvalue weighted by molar-refractivity contribution is 5.95. The van der Waals surface area contributed by atoms with Crippen molar-refractivity contribution in [1.82, 2.24) is 4.90 Å². The molecule has 0 fully saturated rings. The second-order valence-corrected chi connectivity index (χ2v) is 6.18. The maximum atomic E-state index is 13.1. The van der Waals surface area contributed by atoms with Crippen molar-refractivity contribution in [2.75, 3.05) is 35.0 Å². The average Bonchev–Trinajstić information content (AvgIpc) is 2.71. The van der Waals surface area contributed by atoms with Gasteiger partial charge in [0, 0.05) is 18.7 Å². The molecule has 2 aromatic rings. The molecule has 0 atom stereocenters. The van der Waals surface area contributed by atoms with Gasteiger partial charge in [-0.2, -0.15) is 0 Å². The molecule has 27 heavy (non-hydrogen) atoms. The molecule has 0 unspecified atom stereocenters. The van der Waals surface area contributed by atoms with E-state index in [4.69, 9.17) is 18.9 Å².